The Labute approximate surface area is 201 Å². The van der Waals surface area contributed by atoms with Crippen LogP contribution in [0.4, 0.5) is 14.5 Å². The van der Waals surface area contributed by atoms with Crippen molar-refractivity contribution in [2.75, 3.05) is 11.4 Å². The van der Waals surface area contributed by atoms with Gasteiger partial charge in [0, 0.05) is 11.6 Å². The van der Waals surface area contributed by atoms with Gasteiger partial charge in [-0.2, -0.15) is 0 Å². The molecule has 4 rings (SSSR count). The van der Waals surface area contributed by atoms with Crippen molar-refractivity contribution in [2.24, 2.45) is 0 Å². The number of nitrogens with one attached hydrogen (secondary N) is 2. The Morgan fingerprint density at radius 2 is 1.63 bits per heavy atom. The Morgan fingerprint density at radius 3 is 2.29 bits per heavy atom. The largest absolute Gasteiger partial charge is 0.459 e. The maximum atomic E-state index is 15.0. The Balaban J connectivity index is 1.71. The molecule has 3 amide bonds. The molecule has 7 nitrogen and oxygen atoms in total. The van der Waals surface area contributed by atoms with Crippen LogP contribution in [0.25, 0.3) is 0 Å². The minimum Gasteiger partial charge on any atom is -0.459 e. The highest BCUT2D eigenvalue weighted by Crippen LogP contribution is 2.32. The standard InChI is InChI=1S/C26H25F2N3O4/c27-19-11-4-3-10-18(19)24(26(34)30-17-8-1-2-9-17)31(21-13-6-5-12-20(21)28)23(32)16-29-25(33)22-14-7-15-35-22/h3-7,10-15,17,24H,1-2,8-9,16H2,(H,29,33)(H,30,34)/t24-/m1/s1. The number of carbonyl (C=O) groups excluding carboxylic acids is 3. The fourth-order valence-corrected chi connectivity index (χ4v) is 4.25. The van der Waals surface area contributed by atoms with E-state index in [0.29, 0.717) is 0 Å². The zero-order valence-electron chi connectivity index (χ0n) is 18.9. The zero-order chi connectivity index (χ0) is 24.8. The smallest absolute Gasteiger partial charge is 0.287 e. The topological polar surface area (TPSA) is 91.7 Å². The van der Waals surface area contributed by atoms with E-state index in [1.54, 1.807) is 0 Å². The lowest BCUT2D eigenvalue weighted by Crippen LogP contribution is -2.49. The summed E-state index contributed by atoms with van der Waals surface area (Å²) in [5.74, 6) is -3.59. The van der Waals surface area contributed by atoms with Crippen molar-refractivity contribution in [3.63, 3.8) is 0 Å². The maximum absolute atomic E-state index is 15.0. The van der Waals surface area contributed by atoms with Crippen LogP contribution >= 0.6 is 0 Å². The van der Waals surface area contributed by atoms with Gasteiger partial charge >= 0.3 is 0 Å². The summed E-state index contributed by atoms with van der Waals surface area (Å²) in [6.07, 6.45) is 4.74. The van der Waals surface area contributed by atoms with E-state index in [4.69, 9.17) is 4.42 Å². The Kier molecular flexibility index (Phi) is 7.54. The number of furan rings is 1. The summed E-state index contributed by atoms with van der Waals surface area (Å²) in [4.78, 5) is 40.2. The third-order valence-electron chi connectivity index (χ3n) is 5.93. The van der Waals surface area contributed by atoms with Crippen LogP contribution in [-0.4, -0.2) is 30.3 Å². The highest BCUT2D eigenvalue weighted by atomic mass is 19.1. The van der Waals surface area contributed by atoms with E-state index in [1.165, 1.54) is 60.9 Å². The number of rotatable bonds is 8. The molecule has 1 atom stereocenters. The van der Waals surface area contributed by atoms with Crippen molar-refractivity contribution in [1.29, 1.82) is 0 Å². The molecule has 0 saturated heterocycles. The fraction of sp³-hybridized carbons (Fsp3) is 0.269. The van der Waals surface area contributed by atoms with Crippen LogP contribution in [0.5, 0.6) is 0 Å². The van der Waals surface area contributed by atoms with Crippen molar-refractivity contribution in [2.45, 2.75) is 37.8 Å². The van der Waals surface area contributed by atoms with Gasteiger partial charge in [-0.3, -0.25) is 19.3 Å². The average molecular weight is 481 g/mol. The van der Waals surface area contributed by atoms with Crippen LogP contribution in [-0.2, 0) is 9.59 Å². The minimum atomic E-state index is -1.50. The molecular formula is C26H25F2N3O4. The Bertz CT molecular complexity index is 1190. The molecule has 0 spiro atoms. The van der Waals surface area contributed by atoms with Crippen LogP contribution in [0, 0.1) is 11.6 Å². The van der Waals surface area contributed by atoms with Crippen LogP contribution < -0.4 is 15.5 Å². The van der Waals surface area contributed by atoms with E-state index < -0.39 is 41.9 Å². The first-order valence-electron chi connectivity index (χ1n) is 11.4. The summed E-state index contributed by atoms with van der Waals surface area (Å²) in [6.45, 7) is -0.574. The minimum absolute atomic E-state index is 0.0140. The number of carbonyl (C=O) groups is 3. The lowest BCUT2D eigenvalue weighted by atomic mass is 10.0. The first kappa shape index (κ1) is 24.1. The second-order valence-corrected chi connectivity index (χ2v) is 8.29. The van der Waals surface area contributed by atoms with Crippen molar-refractivity contribution in [3.8, 4) is 0 Å². The summed E-state index contributed by atoms with van der Waals surface area (Å²) in [6, 6.07) is 12.3. The van der Waals surface area contributed by atoms with Gasteiger partial charge in [-0.1, -0.05) is 43.2 Å². The number of benzene rings is 2. The monoisotopic (exact) mass is 481 g/mol. The fourth-order valence-electron chi connectivity index (χ4n) is 4.25. The lowest BCUT2D eigenvalue weighted by Gasteiger charge is -2.32. The van der Waals surface area contributed by atoms with Crippen molar-refractivity contribution >= 4 is 23.4 Å². The average Bonchev–Trinajstić information content (AvgIpc) is 3.57. The van der Waals surface area contributed by atoms with Gasteiger partial charge in [0.1, 0.15) is 17.7 Å². The molecule has 0 bridgehead atoms. The number of anilines is 1. The van der Waals surface area contributed by atoms with Gasteiger partial charge in [-0.15, -0.1) is 0 Å². The molecular weight excluding hydrogens is 456 g/mol. The molecule has 182 valence electrons. The molecule has 1 aliphatic rings. The normalized spacial score (nSPS) is 14.3. The molecule has 0 aliphatic heterocycles. The molecule has 9 heteroatoms. The number of nitrogens with zero attached hydrogens (tertiary/aromatic N) is 1. The van der Waals surface area contributed by atoms with Gasteiger partial charge in [0.2, 0.25) is 11.8 Å². The van der Waals surface area contributed by atoms with E-state index in [-0.39, 0.29) is 23.1 Å². The summed E-state index contributed by atoms with van der Waals surface area (Å²) < 4.78 is 34.9. The third-order valence-corrected chi connectivity index (χ3v) is 5.93. The molecule has 0 unspecified atom stereocenters. The third kappa shape index (κ3) is 5.56. The predicted octanol–water partition coefficient (Wildman–Crippen LogP) is 4.12. The van der Waals surface area contributed by atoms with Gasteiger partial charge in [0.05, 0.1) is 18.5 Å². The second kappa shape index (κ2) is 10.9. The van der Waals surface area contributed by atoms with Crippen molar-refractivity contribution < 1.29 is 27.6 Å². The highest BCUT2D eigenvalue weighted by Gasteiger charge is 2.37. The van der Waals surface area contributed by atoms with E-state index in [2.05, 4.69) is 10.6 Å². The summed E-state index contributed by atoms with van der Waals surface area (Å²) in [5, 5.41) is 5.31. The van der Waals surface area contributed by atoms with E-state index in [9.17, 15) is 23.2 Å². The highest BCUT2D eigenvalue weighted by molar-refractivity contribution is 6.04. The number of amides is 3. The molecule has 3 aromatic rings. The molecule has 1 heterocycles. The molecule has 35 heavy (non-hydrogen) atoms. The van der Waals surface area contributed by atoms with E-state index in [1.807, 2.05) is 0 Å². The molecule has 1 saturated carbocycles. The van der Waals surface area contributed by atoms with Crippen LogP contribution in [0.2, 0.25) is 0 Å². The lowest BCUT2D eigenvalue weighted by molar-refractivity contribution is -0.126. The van der Waals surface area contributed by atoms with Gasteiger partial charge in [0.15, 0.2) is 5.76 Å². The first-order chi connectivity index (χ1) is 17.0. The maximum Gasteiger partial charge on any atom is 0.287 e. The molecule has 0 radical (unpaired) electrons. The van der Waals surface area contributed by atoms with Gasteiger partial charge in [-0.05, 0) is 43.2 Å². The quantitative estimate of drug-likeness (QED) is 0.506. The molecule has 1 aromatic heterocycles. The van der Waals surface area contributed by atoms with Crippen LogP contribution in [0.15, 0.2) is 71.3 Å². The van der Waals surface area contributed by atoms with E-state index in [0.717, 1.165) is 36.6 Å². The zero-order valence-corrected chi connectivity index (χ0v) is 18.9. The molecule has 1 fully saturated rings. The Hall–Kier alpha value is -4.01. The number of hydrogen-bond donors (Lipinski definition) is 2. The van der Waals surface area contributed by atoms with Gasteiger partial charge in [0.25, 0.3) is 5.91 Å². The molecule has 1 aliphatic carbocycles. The number of halogens is 2. The second-order valence-electron chi connectivity index (χ2n) is 8.29. The molecule has 2 N–H and O–H groups in total. The van der Waals surface area contributed by atoms with Gasteiger partial charge < -0.3 is 15.1 Å². The summed E-state index contributed by atoms with van der Waals surface area (Å²) >= 11 is 0. The summed E-state index contributed by atoms with van der Waals surface area (Å²) in [7, 11) is 0. The van der Waals surface area contributed by atoms with Crippen LogP contribution in [0.3, 0.4) is 0 Å². The van der Waals surface area contributed by atoms with Crippen molar-refractivity contribution in [3.05, 3.63) is 89.9 Å². The predicted molar refractivity (Wildman–Crippen MR) is 124 cm³/mol. The number of hydrogen-bond acceptors (Lipinski definition) is 4. The molecule has 2 aromatic carbocycles. The summed E-state index contributed by atoms with van der Waals surface area (Å²) in [5.41, 5.74) is -0.295. The van der Waals surface area contributed by atoms with Crippen LogP contribution in [0.1, 0.15) is 47.8 Å². The first-order valence-corrected chi connectivity index (χ1v) is 11.4. The van der Waals surface area contributed by atoms with Crippen molar-refractivity contribution in [1.82, 2.24) is 10.6 Å². The Morgan fingerprint density at radius 1 is 0.943 bits per heavy atom. The SMILES string of the molecule is O=C(NCC(=O)N(c1ccccc1F)[C@@H](C(=O)NC1CCCC1)c1ccccc1F)c1ccco1. The number of para-hydroxylation sites is 1. The van der Waals surface area contributed by atoms with Gasteiger partial charge in [-0.25, -0.2) is 8.78 Å². The van der Waals surface area contributed by atoms with E-state index >= 15 is 0 Å².